The average molecular weight is 460 g/mol. The van der Waals surface area contributed by atoms with E-state index in [1.165, 1.54) is 31.4 Å². The molecule has 1 aliphatic carbocycles. The summed E-state index contributed by atoms with van der Waals surface area (Å²) in [5, 5.41) is 39.9. The Balaban J connectivity index is 1.61. The number of ether oxygens (including phenoxy) is 3. The first kappa shape index (κ1) is 24.5. The number of rotatable bonds is 9. The molecule has 2 aromatic rings. The molecule has 0 heterocycles. The number of methoxy groups -OCH3 is 1. The summed E-state index contributed by atoms with van der Waals surface area (Å²) in [5.41, 5.74) is 0.853. The van der Waals surface area contributed by atoms with Gasteiger partial charge in [-0.05, 0) is 48.7 Å². The number of hydrogen-bond acceptors (Lipinski definition) is 8. The molecular weight excluding hydrogens is 432 g/mol. The third kappa shape index (κ3) is 6.92. The van der Waals surface area contributed by atoms with Gasteiger partial charge < -0.3 is 34.6 Å². The highest BCUT2D eigenvalue weighted by atomic mass is 16.6. The van der Waals surface area contributed by atoms with E-state index < -0.39 is 42.5 Å². The highest BCUT2D eigenvalue weighted by Gasteiger charge is 2.36. The molecule has 33 heavy (non-hydrogen) atoms. The molecule has 1 fully saturated rings. The molecule has 3 rings (SSSR count). The van der Waals surface area contributed by atoms with Crippen molar-refractivity contribution in [3.05, 3.63) is 59.7 Å². The predicted octanol–water partition coefficient (Wildman–Crippen LogP) is 2.12. The van der Waals surface area contributed by atoms with E-state index >= 15 is 0 Å². The molecule has 0 aliphatic heterocycles. The molecule has 0 spiro atoms. The zero-order valence-corrected chi connectivity index (χ0v) is 18.2. The van der Waals surface area contributed by atoms with Crippen LogP contribution in [0.25, 0.3) is 0 Å². The van der Waals surface area contributed by atoms with E-state index in [4.69, 9.17) is 14.2 Å². The lowest BCUT2D eigenvalue weighted by Crippen LogP contribution is -2.41. The molecule has 1 saturated carbocycles. The maximum absolute atomic E-state index is 12.4. The SMILES string of the molecule is COc1ccc(CC(OC(O)C2CC(O)CC(OC(=O)c3cccc(O)c3)C2)C(=O)O)cc1. The fourth-order valence-electron chi connectivity index (χ4n) is 3.91. The number of aromatic hydroxyl groups is 1. The number of esters is 1. The molecule has 4 N–H and O–H groups in total. The number of aliphatic carboxylic acids is 1. The van der Waals surface area contributed by atoms with E-state index in [0.717, 1.165) is 0 Å². The minimum atomic E-state index is -1.47. The molecule has 1 aliphatic rings. The van der Waals surface area contributed by atoms with Gasteiger partial charge in [0.15, 0.2) is 12.4 Å². The molecule has 0 amide bonds. The molecule has 0 radical (unpaired) electrons. The highest BCUT2D eigenvalue weighted by Crippen LogP contribution is 2.31. The number of phenols is 1. The summed E-state index contributed by atoms with van der Waals surface area (Å²) in [6.45, 7) is 0. The first-order chi connectivity index (χ1) is 15.7. The Bertz CT molecular complexity index is 943. The van der Waals surface area contributed by atoms with Gasteiger partial charge in [-0.2, -0.15) is 0 Å². The standard InChI is InChI=1S/C24H28O9/c1-31-19-7-5-14(6-8-19)9-21(22(27)28)33-24(30)16-11-18(26)13-20(12-16)32-23(29)15-3-2-4-17(25)10-15/h2-8,10,16,18,20-21,24-26,30H,9,11-13H2,1H3,(H,27,28). The lowest BCUT2D eigenvalue weighted by Gasteiger charge is -2.35. The zero-order chi connectivity index (χ0) is 24.0. The summed E-state index contributed by atoms with van der Waals surface area (Å²) in [6.07, 6.45) is -3.75. The smallest absolute Gasteiger partial charge is 0.338 e. The van der Waals surface area contributed by atoms with Gasteiger partial charge in [0.1, 0.15) is 17.6 Å². The maximum atomic E-state index is 12.4. The Labute approximate surface area is 191 Å². The number of hydrogen-bond donors (Lipinski definition) is 4. The number of benzene rings is 2. The fraction of sp³-hybridized carbons (Fsp3) is 0.417. The third-order valence-corrected chi connectivity index (χ3v) is 5.59. The van der Waals surface area contributed by atoms with Gasteiger partial charge in [-0.25, -0.2) is 9.59 Å². The average Bonchev–Trinajstić information content (AvgIpc) is 2.78. The number of carbonyl (C=O) groups excluding carboxylic acids is 1. The minimum absolute atomic E-state index is 0.0293. The Morgan fingerprint density at radius 1 is 1.09 bits per heavy atom. The Morgan fingerprint density at radius 3 is 2.45 bits per heavy atom. The number of carbonyl (C=O) groups is 2. The van der Waals surface area contributed by atoms with E-state index in [1.54, 1.807) is 24.3 Å². The van der Waals surface area contributed by atoms with Crippen molar-refractivity contribution in [2.24, 2.45) is 5.92 Å². The number of carboxylic acid groups (broad SMARTS) is 1. The second kappa shape index (κ2) is 11.1. The summed E-state index contributed by atoms with van der Waals surface area (Å²) < 4.78 is 16.0. The zero-order valence-electron chi connectivity index (χ0n) is 18.2. The Hall–Kier alpha value is -3.14. The van der Waals surface area contributed by atoms with Crippen molar-refractivity contribution in [2.75, 3.05) is 7.11 Å². The Morgan fingerprint density at radius 2 is 1.82 bits per heavy atom. The molecule has 0 bridgehead atoms. The van der Waals surface area contributed by atoms with Gasteiger partial charge in [-0.3, -0.25) is 0 Å². The van der Waals surface area contributed by atoms with Crippen LogP contribution in [-0.2, 0) is 20.7 Å². The second-order valence-electron chi connectivity index (χ2n) is 8.10. The Kier molecular flexibility index (Phi) is 8.26. The summed E-state index contributed by atoms with van der Waals surface area (Å²) in [4.78, 5) is 24.1. The summed E-state index contributed by atoms with van der Waals surface area (Å²) >= 11 is 0. The number of aliphatic hydroxyl groups is 2. The molecule has 2 aromatic carbocycles. The summed E-state index contributed by atoms with van der Waals surface area (Å²) in [5.74, 6) is -1.97. The van der Waals surface area contributed by atoms with Crippen LogP contribution in [0.1, 0.15) is 35.2 Å². The van der Waals surface area contributed by atoms with Gasteiger partial charge in [-0.15, -0.1) is 0 Å². The monoisotopic (exact) mass is 460 g/mol. The summed E-state index contributed by atoms with van der Waals surface area (Å²) in [7, 11) is 1.53. The van der Waals surface area contributed by atoms with Crippen LogP contribution in [0.15, 0.2) is 48.5 Å². The lowest BCUT2D eigenvalue weighted by atomic mass is 9.84. The molecule has 0 aromatic heterocycles. The number of phenolic OH excluding ortho intramolecular Hbond substituents is 1. The van der Waals surface area contributed by atoms with E-state index in [-0.39, 0.29) is 37.0 Å². The topological polar surface area (TPSA) is 143 Å². The van der Waals surface area contributed by atoms with Gasteiger partial charge in [0.25, 0.3) is 0 Å². The second-order valence-corrected chi connectivity index (χ2v) is 8.10. The quantitative estimate of drug-likeness (QED) is 0.327. The van der Waals surface area contributed by atoms with Crippen LogP contribution in [-0.4, -0.2) is 64.1 Å². The largest absolute Gasteiger partial charge is 0.508 e. The summed E-state index contributed by atoms with van der Waals surface area (Å²) in [6, 6.07) is 12.5. The molecule has 9 nitrogen and oxygen atoms in total. The first-order valence-electron chi connectivity index (χ1n) is 10.6. The van der Waals surface area contributed by atoms with Crippen LogP contribution >= 0.6 is 0 Å². The van der Waals surface area contributed by atoms with E-state index in [9.17, 15) is 30.0 Å². The van der Waals surface area contributed by atoms with Gasteiger partial charge in [0.2, 0.25) is 0 Å². The van der Waals surface area contributed by atoms with E-state index in [2.05, 4.69) is 0 Å². The lowest BCUT2D eigenvalue weighted by molar-refractivity contribution is -0.197. The van der Waals surface area contributed by atoms with Crippen molar-refractivity contribution in [2.45, 2.75) is 50.3 Å². The minimum Gasteiger partial charge on any atom is -0.508 e. The van der Waals surface area contributed by atoms with E-state index in [0.29, 0.717) is 11.3 Å². The van der Waals surface area contributed by atoms with Crippen molar-refractivity contribution >= 4 is 11.9 Å². The molecular formula is C24H28O9. The third-order valence-electron chi connectivity index (χ3n) is 5.59. The van der Waals surface area contributed by atoms with Gasteiger partial charge in [-0.1, -0.05) is 18.2 Å². The first-order valence-corrected chi connectivity index (χ1v) is 10.6. The number of aliphatic hydroxyl groups excluding tert-OH is 2. The van der Waals surface area contributed by atoms with Crippen molar-refractivity contribution in [1.29, 1.82) is 0 Å². The molecule has 5 atom stereocenters. The van der Waals surface area contributed by atoms with Gasteiger partial charge >= 0.3 is 11.9 Å². The predicted molar refractivity (Wildman–Crippen MR) is 116 cm³/mol. The molecule has 0 saturated heterocycles. The fourth-order valence-corrected chi connectivity index (χ4v) is 3.91. The molecule has 178 valence electrons. The van der Waals surface area contributed by atoms with Gasteiger partial charge in [0.05, 0.1) is 18.8 Å². The van der Waals surface area contributed by atoms with Gasteiger partial charge in [0, 0.05) is 18.8 Å². The molecule has 5 unspecified atom stereocenters. The van der Waals surface area contributed by atoms with Crippen LogP contribution in [0.3, 0.4) is 0 Å². The number of carboxylic acids is 1. The van der Waals surface area contributed by atoms with Crippen molar-refractivity contribution in [1.82, 2.24) is 0 Å². The normalized spacial score (nSPS) is 22.2. The van der Waals surface area contributed by atoms with Crippen LogP contribution in [0.5, 0.6) is 11.5 Å². The van der Waals surface area contributed by atoms with Crippen LogP contribution in [0, 0.1) is 5.92 Å². The van der Waals surface area contributed by atoms with E-state index in [1.807, 2.05) is 0 Å². The van der Waals surface area contributed by atoms with Crippen LogP contribution in [0.4, 0.5) is 0 Å². The van der Waals surface area contributed by atoms with Crippen molar-refractivity contribution in [3.8, 4) is 11.5 Å². The molecule has 9 heteroatoms. The van der Waals surface area contributed by atoms with Crippen molar-refractivity contribution in [3.63, 3.8) is 0 Å². The van der Waals surface area contributed by atoms with Crippen molar-refractivity contribution < 1.29 is 44.2 Å². The van der Waals surface area contributed by atoms with Crippen LogP contribution in [0.2, 0.25) is 0 Å². The highest BCUT2D eigenvalue weighted by molar-refractivity contribution is 5.89. The maximum Gasteiger partial charge on any atom is 0.338 e. The van der Waals surface area contributed by atoms with Crippen LogP contribution < -0.4 is 4.74 Å².